The van der Waals surface area contributed by atoms with Gasteiger partial charge in [-0.25, -0.2) is 0 Å². The van der Waals surface area contributed by atoms with Crippen LogP contribution in [0.5, 0.6) is 0 Å². The first kappa shape index (κ1) is 17.6. The summed E-state index contributed by atoms with van der Waals surface area (Å²) in [6, 6.07) is 26.7. The molecule has 2 amide bonds. The van der Waals surface area contributed by atoms with E-state index >= 15 is 0 Å². The molecule has 0 radical (unpaired) electrons. The number of amides is 2. The van der Waals surface area contributed by atoms with E-state index in [-0.39, 0.29) is 41.5 Å². The second-order valence-corrected chi connectivity index (χ2v) is 8.85. The summed E-state index contributed by atoms with van der Waals surface area (Å²) in [5.41, 5.74) is 6.04. The molecular formula is C27H23NO2. The summed E-state index contributed by atoms with van der Waals surface area (Å²) in [5.74, 6) is -0.619. The topological polar surface area (TPSA) is 37.4 Å². The van der Waals surface area contributed by atoms with Gasteiger partial charge in [-0.05, 0) is 41.2 Å². The van der Waals surface area contributed by atoms with E-state index in [2.05, 4.69) is 36.4 Å². The van der Waals surface area contributed by atoms with Crippen LogP contribution in [0.3, 0.4) is 0 Å². The Morgan fingerprint density at radius 2 is 1.07 bits per heavy atom. The highest BCUT2D eigenvalue weighted by Gasteiger charge is 2.61. The second kappa shape index (κ2) is 6.40. The van der Waals surface area contributed by atoms with E-state index in [4.69, 9.17) is 0 Å². The van der Waals surface area contributed by atoms with E-state index in [0.29, 0.717) is 6.42 Å². The maximum absolute atomic E-state index is 13.7. The van der Waals surface area contributed by atoms with Gasteiger partial charge in [0.05, 0.1) is 11.8 Å². The molecule has 2 bridgehead atoms. The first-order valence-electron chi connectivity index (χ1n) is 10.8. The minimum absolute atomic E-state index is 0.00689. The Labute approximate surface area is 176 Å². The minimum atomic E-state index is -0.287. The van der Waals surface area contributed by atoms with Gasteiger partial charge in [-0.3, -0.25) is 14.5 Å². The average Bonchev–Trinajstić information content (AvgIpc) is 3.05. The second-order valence-electron chi connectivity index (χ2n) is 8.85. The van der Waals surface area contributed by atoms with Crippen molar-refractivity contribution in [3.63, 3.8) is 0 Å². The van der Waals surface area contributed by atoms with Crippen LogP contribution in [-0.4, -0.2) is 22.8 Å². The van der Waals surface area contributed by atoms with Gasteiger partial charge in [0.2, 0.25) is 11.8 Å². The van der Waals surface area contributed by atoms with E-state index in [0.717, 1.165) is 5.56 Å². The fraction of sp³-hybridized carbons (Fsp3) is 0.259. The third-order valence-corrected chi connectivity index (χ3v) is 7.30. The fourth-order valence-electron chi connectivity index (χ4n) is 6.18. The molecule has 7 rings (SSSR count). The molecule has 1 fully saturated rings. The van der Waals surface area contributed by atoms with Gasteiger partial charge in [0.25, 0.3) is 0 Å². The molecule has 3 heteroatoms. The van der Waals surface area contributed by atoms with Crippen LogP contribution in [0, 0.1) is 11.8 Å². The third kappa shape index (κ3) is 2.26. The molecular weight excluding hydrogens is 370 g/mol. The van der Waals surface area contributed by atoms with Crippen molar-refractivity contribution < 1.29 is 9.59 Å². The van der Waals surface area contributed by atoms with Crippen LogP contribution in [0.15, 0.2) is 78.9 Å². The molecule has 3 aromatic rings. The molecule has 4 aliphatic rings. The van der Waals surface area contributed by atoms with Crippen molar-refractivity contribution in [2.24, 2.45) is 11.8 Å². The Bertz CT molecular complexity index is 1050. The molecule has 1 aliphatic heterocycles. The number of hydrogen-bond acceptors (Lipinski definition) is 2. The van der Waals surface area contributed by atoms with Crippen molar-refractivity contribution in [2.45, 2.75) is 31.2 Å². The smallest absolute Gasteiger partial charge is 0.234 e. The zero-order valence-electron chi connectivity index (χ0n) is 16.9. The van der Waals surface area contributed by atoms with Gasteiger partial charge in [-0.1, -0.05) is 78.9 Å². The molecule has 3 nitrogen and oxygen atoms in total. The number of nitrogens with zero attached hydrogens (tertiary/aromatic N) is 1. The maximum Gasteiger partial charge on any atom is 0.234 e. The Balaban J connectivity index is 1.44. The van der Waals surface area contributed by atoms with E-state index in [1.54, 1.807) is 4.90 Å². The molecule has 3 aromatic carbocycles. The summed E-state index contributed by atoms with van der Waals surface area (Å²) in [4.78, 5) is 29.0. The number of hydrogen-bond donors (Lipinski definition) is 0. The molecule has 1 saturated heterocycles. The molecule has 1 heterocycles. The monoisotopic (exact) mass is 393 g/mol. The molecule has 0 saturated carbocycles. The zero-order valence-corrected chi connectivity index (χ0v) is 16.9. The van der Waals surface area contributed by atoms with Crippen LogP contribution in [0.2, 0.25) is 0 Å². The number of likely N-dealkylation sites (tertiary alicyclic amines) is 1. The Morgan fingerprint density at radius 3 is 1.50 bits per heavy atom. The van der Waals surface area contributed by atoms with Crippen LogP contribution in [0.4, 0.5) is 0 Å². The van der Waals surface area contributed by atoms with Crippen molar-refractivity contribution >= 4 is 11.8 Å². The van der Waals surface area contributed by atoms with E-state index in [1.165, 1.54) is 22.3 Å². The lowest BCUT2D eigenvalue weighted by Crippen LogP contribution is -2.41. The van der Waals surface area contributed by atoms with Crippen LogP contribution in [-0.2, 0) is 16.0 Å². The zero-order chi connectivity index (χ0) is 20.4. The first-order valence-corrected chi connectivity index (χ1v) is 10.8. The predicted molar refractivity (Wildman–Crippen MR) is 115 cm³/mol. The van der Waals surface area contributed by atoms with Gasteiger partial charge < -0.3 is 0 Å². The lowest BCUT2D eigenvalue weighted by atomic mass is 9.55. The molecule has 3 atom stereocenters. The minimum Gasteiger partial charge on any atom is -0.279 e. The third-order valence-electron chi connectivity index (χ3n) is 7.30. The van der Waals surface area contributed by atoms with E-state index in [9.17, 15) is 9.59 Å². The van der Waals surface area contributed by atoms with Gasteiger partial charge in [-0.2, -0.15) is 0 Å². The lowest BCUT2D eigenvalue weighted by Gasteiger charge is -2.45. The summed E-state index contributed by atoms with van der Waals surface area (Å²) in [5, 5.41) is 0. The summed E-state index contributed by atoms with van der Waals surface area (Å²) in [7, 11) is 0. The van der Waals surface area contributed by atoms with Crippen LogP contribution >= 0.6 is 0 Å². The molecule has 3 aliphatic carbocycles. The Hall–Kier alpha value is -3.20. The average molecular weight is 393 g/mol. The molecule has 148 valence electrons. The summed E-state index contributed by atoms with van der Waals surface area (Å²) < 4.78 is 0. The van der Waals surface area contributed by atoms with Crippen molar-refractivity contribution in [3.8, 4) is 0 Å². The van der Waals surface area contributed by atoms with Gasteiger partial charge in [0, 0.05) is 17.9 Å². The van der Waals surface area contributed by atoms with Crippen LogP contribution < -0.4 is 0 Å². The van der Waals surface area contributed by atoms with Crippen molar-refractivity contribution in [2.75, 3.05) is 0 Å². The lowest BCUT2D eigenvalue weighted by molar-refractivity contribution is -0.142. The van der Waals surface area contributed by atoms with Crippen molar-refractivity contribution in [1.82, 2.24) is 4.90 Å². The maximum atomic E-state index is 13.7. The largest absolute Gasteiger partial charge is 0.279 e. The highest BCUT2D eigenvalue weighted by molar-refractivity contribution is 6.08. The molecule has 30 heavy (non-hydrogen) atoms. The van der Waals surface area contributed by atoms with Crippen molar-refractivity contribution in [1.29, 1.82) is 0 Å². The summed E-state index contributed by atoms with van der Waals surface area (Å²) in [6.07, 6.45) is 0.687. The number of carbonyl (C=O) groups is 2. The first-order chi connectivity index (χ1) is 14.7. The van der Waals surface area contributed by atoms with E-state index < -0.39 is 0 Å². The normalized spacial score (nSPS) is 26.9. The van der Waals surface area contributed by atoms with Gasteiger partial charge in [-0.15, -0.1) is 0 Å². The Kier molecular flexibility index (Phi) is 3.76. The molecule has 0 N–H and O–H groups in total. The number of carbonyl (C=O) groups excluding carboxylic acids is 2. The highest BCUT2D eigenvalue weighted by Crippen LogP contribution is 2.61. The predicted octanol–water partition coefficient (Wildman–Crippen LogP) is 4.51. The quantitative estimate of drug-likeness (QED) is 0.614. The van der Waals surface area contributed by atoms with Crippen molar-refractivity contribution in [3.05, 3.63) is 107 Å². The Morgan fingerprint density at radius 1 is 0.667 bits per heavy atom. The standard InChI is InChI=1S/C27H23NO2/c1-16(15-17-9-3-2-4-10-17)28-26(29)24-22-18-11-5-6-12-19(18)23(25(24)27(28)30)21-14-8-7-13-20(21)22/h2-14,16,22-25H,15H2,1H3/t16-,22?,23?,24-,25+/m1/s1. The number of imide groups is 1. The van der Waals surface area contributed by atoms with E-state index in [1.807, 2.05) is 49.4 Å². The van der Waals surface area contributed by atoms with Gasteiger partial charge in [0.1, 0.15) is 0 Å². The molecule has 0 aromatic heterocycles. The molecule has 0 unspecified atom stereocenters. The fourth-order valence-corrected chi connectivity index (χ4v) is 6.18. The highest BCUT2D eigenvalue weighted by atomic mass is 16.2. The van der Waals surface area contributed by atoms with Gasteiger partial charge in [0.15, 0.2) is 0 Å². The summed E-state index contributed by atoms with van der Waals surface area (Å²) in [6.45, 7) is 2.00. The van der Waals surface area contributed by atoms with Crippen LogP contribution in [0.1, 0.15) is 46.6 Å². The SMILES string of the molecule is C[C@H](Cc1ccccc1)N1C(=O)[C@@H]2C3c4ccccc4C(c4ccccc43)[C@@H]2C1=O. The number of rotatable bonds is 3. The number of benzene rings is 3. The van der Waals surface area contributed by atoms with Crippen LogP contribution in [0.25, 0.3) is 0 Å². The summed E-state index contributed by atoms with van der Waals surface area (Å²) >= 11 is 0. The van der Waals surface area contributed by atoms with Gasteiger partial charge >= 0.3 is 0 Å². The molecule has 0 spiro atoms.